The van der Waals surface area contributed by atoms with Gasteiger partial charge >= 0.3 is 0 Å². The van der Waals surface area contributed by atoms with Gasteiger partial charge in [-0.05, 0) is 6.92 Å². The molecule has 0 aliphatic carbocycles. The van der Waals surface area contributed by atoms with Gasteiger partial charge in [-0.3, -0.25) is 0 Å². The first-order valence-corrected chi connectivity index (χ1v) is 3.63. The Bertz CT molecular complexity index is 200. The molecule has 4 N–H and O–H groups in total. The van der Waals surface area contributed by atoms with E-state index in [0.717, 1.165) is 0 Å². The Balaban J connectivity index is 2.87. The molecule has 5 nitrogen and oxygen atoms in total. The van der Waals surface area contributed by atoms with Crippen LogP contribution in [0.2, 0.25) is 0 Å². The summed E-state index contributed by atoms with van der Waals surface area (Å²) in [5.41, 5.74) is 0. The van der Waals surface area contributed by atoms with E-state index in [0.29, 0.717) is 0 Å². The molecule has 0 spiro atoms. The van der Waals surface area contributed by atoms with E-state index in [1.54, 1.807) is 0 Å². The standard InChI is InChI=1S/C7H12O5/c1-3-5(9)7(11)6(10)4(2-8)12-3/h3,5,7-11H,2H2,1H3. The van der Waals surface area contributed by atoms with Crippen molar-refractivity contribution < 1.29 is 25.2 Å². The third-order valence-corrected chi connectivity index (χ3v) is 1.84. The summed E-state index contributed by atoms with van der Waals surface area (Å²) in [5, 5.41) is 36.1. The summed E-state index contributed by atoms with van der Waals surface area (Å²) >= 11 is 0. The van der Waals surface area contributed by atoms with E-state index < -0.39 is 30.7 Å². The Morgan fingerprint density at radius 3 is 2.50 bits per heavy atom. The molecule has 1 aliphatic rings. The van der Waals surface area contributed by atoms with E-state index in [1.165, 1.54) is 6.92 Å². The summed E-state index contributed by atoms with van der Waals surface area (Å²) < 4.78 is 4.90. The minimum Gasteiger partial charge on any atom is -0.506 e. The van der Waals surface area contributed by atoms with Crippen molar-refractivity contribution in [3.05, 3.63) is 11.5 Å². The van der Waals surface area contributed by atoms with Crippen LogP contribution in [0.4, 0.5) is 0 Å². The second-order valence-corrected chi connectivity index (χ2v) is 2.72. The van der Waals surface area contributed by atoms with Gasteiger partial charge in [-0.25, -0.2) is 0 Å². The van der Waals surface area contributed by atoms with E-state index >= 15 is 0 Å². The fraction of sp³-hybridized carbons (Fsp3) is 0.714. The number of ether oxygens (including phenoxy) is 1. The predicted octanol–water partition coefficient (Wildman–Crippen LogP) is -1.11. The summed E-state index contributed by atoms with van der Waals surface area (Å²) in [5.74, 6) is -0.580. The van der Waals surface area contributed by atoms with Crippen LogP contribution in [0, 0.1) is 0 Å². The highest BCUT2D eigenvalue weighted by atomic mass is 16.5. The van der Waals surface area contributed by atoms with Crippen LogP contribution in [0.15, 0.2) is 11.5 Å². The van der Waals surface area contributed by atoms with Crippen LogP contribution in [0.3, 0.4) is 0 Å². The van der Waals surface area contributed by atoms with E-state index in [9.17, 15) is 5.11 Å². The van der Waals surface area contributed by atoms with Crippen LogP contribution in [0.5, 0.6) is 0 Å². The first-order chi connectivity index (χ1) is 5.57. The van der Waals surface area contributed by atoms with Crippen molar-refractivity contribution in [1.29, 1.82) is 0 Å². The lowest BCUT2D eigenvalue weighted by Gasteiger charge is -2.30. The van der Waals surface area contributed by atoms with Gasteiger partial charge in [-0.2, -0.15) is 0 Å². The van der Waals surface area contributed by atoms with Crippen LogP contribution in [0.25, 0.3) is 0 Å². The topological polar surface area (TPSA) is 90.2 Å². The Morgan fingerprint density at radius 2 is 2.00 bits per heavy atom. The number of rotatable bonds is 1. The molecule has 70 valence electrons. The molecule has 5 heteroatoms. The highest BCUT2D eigenvalue weighted by Crippen LogP contribution is 2.22. The zero-order chi connectivity index (χ0) is 9.30. The monoisotopic (exact) mass is 176 g/mol. The minimum absolute atomic E-state index is 0.0831. The lowest BCUT2D eigenvalue weighted by molar-refractivity contribution is -0.0949. The van der Waals surface area contributed by atoms with Crippen molar-refractivity contribution in [2.24, 2.45) is 0 Å². The summed E-state index contributed by atoms with van der Waals surface area (Å²) in [6.07, 6.45) is -3.14. The van der Waals surface area contributed by atoms with Gasteiger partial charge in [0.15, 0.2) is 11.5 Å². The van der Waals surface area contributed by atoms with Crippen LogP contribution in [0.1, 0.15) is 6.92 Å². The SMILES string of the molecule is CC1OC(CO)=C(O)C(O)C1O. The number of aliphatic hydroxyl groups excluding tert-OH is 4. The van der Waals surface area contributed by atoms with Gasteiger partial charge < -0.3 is 25.2 Å². The smallest absolute Gasteiger partial charge is 0.164 e. The van der Waals surface area contributed by atoms with Gasteiger partial charge in [0, 0.05) is 0 Å². The first kappa shape index (κ1) is 9.31. The Labute approximate surface area is 69.5 Å². The van der Waals surface area contributed by atoms with Crippen LogP contribution in [-0.2, 0) is 4.74 Å². The van der Waals surface area contributed by atoms with E-state index in [1.807, 2.05) is 0 Å². The molecule has 1 aliphatic heterocycles. The van der Waals surface area contributed by atoms with Gasteiger partial charge in [-0.1, -0.05) is 0 Å². The average Bonchev–Trinajstić information content (AvgIpc) is 2.08. The molecule has 0 aromatic rings. The van der Waals surface area contributed by atoms with E-state index in [4.69, 9.17) is 20.1 Å². The van der Waals surface area contributed by atoms with Gasteiger partial charge in [0.2, 0.25) is 0 Å². The molecule has 0 amide bonds. The molecule has 12 heavy (non-hydrogen) atoms. The fourth-order valence-electron chi connectivity index (χ4n) is 1.06. The second-order valence-electron chi connectivity index (χ2n) is 2.72. The second kappa shape index (κ2) is 3.30. The molecule has 1 rings (SSSR count). The fourth-order valence-corrected chi connectivity index (χ4v) is 1.06. The maximum Gasteiger partial charge on any atom is 0.164 e. The Kier molecular flexibility index (Phi) is 2.56. The molecule has 0 saturated carbocycles. The number of hydrogen-bond donors (Lipinski definition) is 4. The number of hydrogen-bond acceptors (Lipinski definition) is 5. The molecule has 1 heterocycles. The van der Waals surface area contributed by atoms with Crippen LogP contribution >= 0.6 is 0 Å². The molecule has 3 atom stereocenters. The molecule has 0 aromatic heterocycles. The van der Waals surface area contributed by atoms with Crippen molar-refractivity contribution in [3.8, 4) is 0 Å². The van der Waals surface area contributed by atoms with Gasteiger partial charge in [0.1, 0.15) is 24.9 Å². The largest absolute Gasteiger partial charge is 0.506 e. The minimum atomic E-state index is -1.36. The van der Waals surface area contributed by atoms with Crippen molar-refractivity contribution in [2.75, 3.05) is 6.61 Å². The maximum absolute atomic E-state index is 9.18. The quantitative estimate of drug-likeness (QED) is 0.406. The molecule has 0 radical (unpaired) electrons. The molecule has 0 fully saturated rings. The van der Waals surface area contributed by atoms with Gasteiger partial charge in [-0.15, -0.1) is 0 Å². The highest BCUT2D eigenvalue weighted by molar-refractivity contribution is 5.12. The van der Waals surface area contributed by atoms with E-state index in [2.05, 4.69) is 0 Å². The molecule has 0 saturated heterocycles. The van der Waals surface area contributed by atoms with Crippen molar-refractivity contribution in [2.45, 2.75) is 25.2 Å². The lowest BCUT2D eigenvalue weighted by Crippen LogP contribution is -2.43. The molecule has 3 unspecified atom stereocenters. The number of aliphatic hydroxyl groups is 4. The van der Waals surface area contributed by atoms with Gasteiger partial charge in [0.05, 0.1) is 0 Å². The van der Waals surface area contributed by atoms with Crippen molar-refractivity contribution >= 4 is 0 Å². The maximum atomic E-state index is 9.18. The summed E-state index contributed by atoms with van der Waals surface area (Å²) in [7, 11) is 0. The summed E-state index contributed by atoms with van der Waals surface area (Å²) in [6.45, 7) is 1.05. The molecular formula is C7H12O5. The Morgan fingerprint density at radius 1 is 1.42 bits per heavy atom. The predicted molar refractivity (Wildman–Crippen MR) is 39.3 cm³/mol. The molecule has 0 aromatic carbocycles. The van der Waals surface area contributed by atoms with Crippen LogP contribution in [-0.4, -0.2) is 45.3 Å². The third-order valence-electron chi connectivity index (χ3n) is 1.84. The first-order valence-electron chi connectivity index (χ1n) is 3.63. The van der Waals surface area contributed by atoms with Crippen molar-refractivity contribution in [3.63, 3.8) is 0 Å². The Hall–Kier alpha value is -0.780. The molecular weight excluding hydrogens is 164 g/mol. The zero-order valence-electron chi connectivity index (χ0n) is 6.64. The highest BCUT2D eigenvalue weighted by Gasteiger charge is 2.35. The van der Waals surface area contributed by atoms with Crippen molar-refractivity contribution in [1.82, 2.24) is 0 Å². The van der Waals surface area contributed by atoms with Gasteiger partial charge in [0.25, 0.3) is 0 Å². The third kappa shape index (κ3) is 1.38. The summed E-state index contributed by atoms with van der Waals surface area (Å²) in [4.78, 5) is 0. The zero-order valence-corrected chi connectivity index (χ0v) is 6.64. The summed E-state index contributed by atoms with van der Waals surface area (Å²) in [6, 6.07) is 0. The van der Waals surface area contributed by atoms with Crippen LogP contribution < -0.4 is 0 Å². The van der Waals surface area contributed by atoms with E-state index in [-0.39, 0.29) is 5.76 Å². The molecule has 0 bridgehead atoms. The lowest BCUT2D eigenvalue weighted by atomic mass is 10.0. The normalized spacial score (nSPS) is 36.5. The average molecular weight is 176 g/mol.